The van der Waals surface area contributed by atoms with E-state index in [1.807, 2.05) is 4.90 Å². The zero-order valence-corrected chi connectivity index (χ0v) is 12.5. The minimum Gasteiger partial charge on any atom is -0.342 e. The molecule has 1 atom stereocenters. The molecule has 0 spiro atoms. The van der Waals surface area contributed by atoms with Crippen LogP contribution >= 0.6 is 0 Å². The molecule has 0 radical (unpaired) electrons. The second-order valence-electron chi connectivity index (χ2n) is 6.91. The second-order valence-corrected chi connectivity index (χ2v) is 6.91. The molecule has 0 aromatic carbocycles. The number of amides is 2. The molecule has 0 aromatic heterocycles. The summed E-state index contributed by atoms with van der Waals surface area (Å²) in [6.07, 6.45) is 6.26. The van der Waals surface area contributed by atoms with Gasteiger partial charge in [0, 0.05) is 38.0 Å². The first-order valence-corrected chi connectivity index (χ1v) is 8.22. The van der Waals surface area contributed by atoms with Gasteiger partial charge in [-0.05, 0) is 44.4 Å². The molecular formula is C16H26N2O2. The van der Waals surface area contributed by atoms with Crippen molar-refractivity contribution < 1.29 is 9.59 Å². The van der Waals surface area contributed by atoms with Crippen molar-refractivity contribution >= 4 is 11.8 Å². The highest BCUT2D eigenvalue weighted by atomic mass is 16.2. The Morgan fingerprint density at radius 3 is 2.00 bits per heavy atom. The van der Waals surface area contributed by atoms with Crippen molar-refractivity contribution in [2.75, 3.05) is 26.2 Å². The number of likely N-dealkylation sites (tertiary alicyclic amines) is 2. The van der Waals surface area contributed by atoms with Crippen LogP contribution in [0.4, 0.5) is 0 Å². The van der Waals surface area contributed by atoms with Crippen molar-refractivity contribution in [3.63, 3.8) is 0 Å². The highest BCUT2D eigenvalue weighted by Crippen LogP contribution is 2.32. The lowest BCUT2D eigenvalue weighted by Gasteiger charge is -2.37. The number of hydrogen-bond acceptors (Lipinski definition) is 2. The van der Waals surface area contributed by atoms with E-state index in [-0.39, 0.29) is 5.92 Å². The average Bonchev–Trinajstić information content (AvgIpc) is 3.30. The van der Waals surface area contributed by atoms with E-state index in [0.717, 1.165) is 58.3 Å². The molecule has 112 valence electrons. The number of hydrogen-bond donors (Lipinski definition) is 0. The van der Waals surface area contributed by atoms with Gasteiger partial charge >= 0.3 is 0 Å². The van der Waals surface area contributed by atoms with Crippen LogP contribution < -0.4 is 0 Å². The van der Waals surface area contributed by atoms with E-state index in [0.29, 0.717) is 23.7 Å². The third-order valence-corrected chi connectivity index (χ3v) is 5.05. The van der Waals surface area contributed by atoms with E-state index < -0.39 is 0 Å². The predicted molar refractivity (Wildman–Crippen MR) is 77.0 cm³/mol. The van der Waals surface area contributed by atoms with Crippen LogP contribution in [-0.4, -0.2) is 47.8 Å². The normalized spacial score (nSPS) is 28.6. The molecular weight excluding hydrogens is 252 g/mol. The first kappa shape index (κ1) is 13.9. The maximum atomic E-state index is 12.5. The maximum Gasteiger partial charge on any atom is 0.225 e. The molecule has 20 heavy (non-hydrogen) atoms. The number of rotatable bonds is 2. The maximum absolute atomic E-state index is 12.5. The first-order valence-electron chi connectivity index (χ1n) is 8.22. The highest BCUT2D eigenvalue weighted by Gasteiger charge is 2.37. The largest absolute Gasteiger partial charge is 0.342 e. The van der Waals surface area contributed by atoms with E-state index in [9.17, 15) is 9.59 Å². The van der Waals surface area contributed by atoms with Gasteiger partial charge in [-0.25, -0.2) is 0 Å². The Balaban J connectivity index is 1.49. The smallest absolute Gasteiger partial charge is 0.225 e. The molecule has 3 aliphatic rings. The van der Waals surface area contributed by atoms with Crippen LogP contribution in [0.2, 0.25) is 0 Å². The molecule has 3 fully saturated rings. The highest BCUT2D eigenvalue weighted by molar-refractivity contribution is 5.82. The van der Waals surface area contributed by atoms with Crippen molar-refractivity contribution in [1.29, 1.82) is 0 Å². The number of nitrogens with zero attached hydrogens (tertiary/aromatic N) is 2. The Kier molecular flexibility index (Phi) is 3.99. The summed E-state index contributed by atoms with van der Waals surface area (Å²) in [5.74, 6) is 1.79. The van der Waals surface area contributed by atoms with Crippen LogP contribution in [0.15, 0.2) is 0 Å². The van der Waals surface area contributed by atoms with E-state index in [4.69, 9.17) is 0 Å². The molecule has 2 aliphatic heterocycles. The third-order valence-electron chi connectivity index (χ3n) is 5.05. The van der Waals surface area contributed by atoms with Gasteiger partial charge in [0.15, 0.2) is 0 Å². The van der Waals surface area contributed by atoms with E-state index in [1.54, 1.807) is 0 Å². The summed E-state index contributed by atoms with van der Waals surface area (Å²) < 4.78 is 0. The lowest BCUT2D eigenvalue weighted by atomic mass is 9.92. The van der Waals surface area contributed by atoms with Gasteiger partial charge < -0.3 is 9.80 Å². The standard InChI is InChI=1S/C16H26N2O2/c1-12-3-2-8-18(11-12)16(20)14-6-9-17(10-7-14)15(19)13-4-5-13/h12-14H,2-11H2,1H3. The topological polar surface area (TPSA) is 40.6 Å². The number of carbonyl (C=O) groups excluding carboxylic acids is 2. The summed E-state index contributed by atoms with van der Waals surface area (Å²) >= 11 is 0. The van der Waals surface area contributed by atoms with Crippen LogP contribution in [0.25, 0.3) is 0 Å². The van der Waals surface area contributed by atoms with Crippen LogP contribution in [-0.2, 0) is 9.59 Å². The first-order chi connectivity index (χ1) is 9.65. The second kappa shape index (κ2) is 5.74. The Labute approximate surface area is 121 Å². The quantitative estimate of drug-likeness (QED) is 0.774. The average molecular weight is 278 g/mol. The summed E-state index contributed by atoms with van der Waals surface area (Å²) in [6, 6.07) is 0. The molecule has 3 rings (SSSR count). The van der Waals surface area contributed by atoms with Gasteiger partial charge in [-0.15, -0.1) is 0 Å². The van der Waals surface area contributed by atoms with E-state index in [2.05, 4.69) is 11.8 Å². The monoisotopic (exact) mass is 278 g/mol. The minimum absolute atomic E-state index is 0.156. The summed E-state index contributed by atoms with van der Waals surface area (Å²) in [7, 11) is 0. The number of carbonyl (C=O) groups is 2. The SMILES string of the molecule is CC1CCCN(C(=O)C2CCN(C(=O)C3CC3)CC2)C1. The zero-order valence-electron chi connectivity index (χ0n) is 12.5. The van der Waals surface area contributed by atoms with E-state index >= 15 is 0 Å². The molecule has 2 amide bonds. The molecule has 1 saturated carbocycles. The third kappa shape index (κ3) is 2.99. The van der Waals surface area contributed by atoms with E-state index in [1.165, 1.54) is 6.42 Å². The molecule has 0 bridgehead atoms. The lowest BCUT2D eigenvalue weighted by Crippen LogP contribution is -2.47. The summed E-state index contributed by atoms with van der Waals surface area (Å²) in [5, 5.41) is 0. The Morgan fingerprint density at radius 2 is 1.40 bits per heavy atom. The molecule has 0 aromatic rings. The molecule has 4 heteroatoms. The van der Waals surface area contributed by atoms with Gasteiger partial charge in [-0.1, -0.05) is 6.92 Å². The van der Waals surface area contributed by atoms with Gasteiger partial charge in [-0.3, -0.25) is 9.59 Å². The van der Waals surface area contributed by atoms with Gasteiger partial charge in [0.2, 0.25) is 11.8 Å². The van der Waals surface area contributed by atoms with Crippen molar-refractivity contribution in [3.8, 4) is 0 Å². The summed E-state index contributed by atoms with van der Waals surface area (Å²) in [5.41, 5.74) is 0. The number of piperidine rings is 2. The van der Waals surface area contributed by atoms with Crippen molar-refractivity contribution in [2.24, 2.45) is 17.8 Å². The van der Waals surface area contributed by atoms with Crippen molar-refractivity contribution in [1.82, 2.24) is 9.80 Å². The Morgan fingerprint density at radius 1 is 0.800 bits per heavy atom. The molecule has 4 nitrogen and oxygen atoms in total. The predicted octanol–water partition coefficient (Wildman–Crippen LogP) is 1.89. The van der Waals surface area contributed by atoms with Gasteiger partial charge in [0.1, 0.15) is 0 Å². The van der Waals surface area contributed by atoms with Gasteiger partial charge in [0.25, 0.3) is 0 Å². The Hall–Kier alpha value is -1.06. The summed E-state index contributed by atoms with van der Waals surface area (Å²) in [6.45, 7) is 5.67. The molecule has 1 unspecified atom stereocenters. The molecule has 2 saturated heterocycles. The van der Waals surface area contributed by atoms with Crippen molar-refractivity contribution in [2.45, 2.75) is 45.4 Å². The van der Waals surface area contributed by atoms with Crippen LogP contribution in [0, 0.1) is 17.8 Å². The fourth-order valence-corrected chi connectivity index (χ4v) is 3.58. The fraction of sp³-hybridized carbons (Fsp3) is 0.875. The molecule has 2 heterocycles. The summed E-state index contributed by atoms with van der Waals surface area (Å²) in [4.78, 5) is 28.6. The molecule has 1 aliphatic carbocycles. The zero-order chi connectivity index (χ0) is 14.1. The Bertz CT molecular complexity index is 384. The molecule has 0 N–H and O–H groups in total. The minimum atomic E-state index is 0.156. The van der Waals surface area contributed by atoms with Crippen LogP contribution in [0.5, 0.6) is 0 Å². The van der Waals surface area contributed by atoms with Gasteiger partial charge in [-0.2, -0.15) is 0 Å². The van der Waals surface area contributed by atoms with Crippen molar-refractivity contribution in [3.05, 3.63) is 0 Å². The fourth-order valence-electron chi connectivity index (χ4n) is 3.58. The van der Waals surface area contributed by atoms with Crippen LogP contribution in [0.1, 0.15) is 45.4 Å². The van der Waals surface area contributed by atoms with Crippen LogP contribution in [0.3, 0.4) is 0 Å². The lowest BCUT2D eigenvalue weighted by molar-refractivity contribution is -0.142. The van der Waals surface area contributed by atoms with Gasteiger partial charge in [0.05, 0.1) is 0 Å².